The third-order valence-corrected chi connectivity index (χ3v) is 2.94. The Kier molecular flexibility index (Phi) is 4.95. The topological polar surface area (TPSA) is 66.8 Å². The molecule has 4 heteroatoms. The van der Waals surface area contributed by atoms with Gasteiger partial charge in [0.25, 0.3) is 0 Å². The highest BCUT2D eigenvalue weighted by molar-refractivity contribution is 6.02. The van der Waals surface area contributed by atoms with Crippen molar-refractivity contribution in [3.63, 3.8) is 0 Å². The lowest BCUT2D eigenvalue weighted by Crippen LogP contribution is -2.35. The molecule has 0 unspecified atom stereocenters. The Morgan fingerprint density at radius 1 is 1.26 bits per heavy atom. The van der Waals surface area contributed by atoms with Gasteiger partial charge in [-0.25, -0.2) is 0 Å². The number of Topliss-reactive ketones (excluding diaryl/α,β-unsaturated/α-hetero) is 1. The molecule has 0 aliphatic heterocycles. The summed E-state index contributed by atoms with van der Waals surface area (Å²) in [6.07, 6.45) is 0.886. The average Bonchev–Trinajstić information content (AvgIpc) is 2.31. The van der Waals surface area contributed by atoms with Crippen molar-refractivity contribution in [3.8, 4) is 11.5 Å². The van der Waals surface area contributed by atoms with Gasteiger partial charge in [0, 0.05) is 12.2 Å². The van der Waals surface area contributed by atoms with Crippen LogP contribution in [0.25, 0.3) is 0 Å². The van der Waals surface area contributed by atoms with E-state index in [1.165, 1.54) is 18.2 Å². The fraction of sp³-hybridized carbons (Fsp3) is 0.533. The molecule has 0 atom stereocenters. The predicted octanol–water partition coefficient (Wildman–Crippen LogP) is 3.12. The molecule has 0 saturated heterocycles. The Hall–Kier alpha value is -1.55. The van der Waals surface area contributed by atoms with Gasteiger partial charge < -0.3 is 14.9 Å². The largest absolute Gasteiger partial charge is 0.504 e. The van der Waals surface area contributed by atoms with Crippen LogP contribution in [0.4, 0.5) is 0 Å². The molecule has 0 radical (unpaired) electrons. The van der Waals surface area contributed by atoms with E-state index in [9.17, 15) is 15.0 Å². The minimum Gasteiger partial charge on any atom is -0.504 e. The monoisotopic (exact) mass is 266 g/mol. The highest BCUT2D eigenvalue weighted by atomic mass is 16.5. The van der Waals surface area contributed by atoms with Crippen molar-refractivity contribution in [3.05, 3.63) is 23.8 Å². The Bertz CT molecular complexity index is 449. The first-order valence-corrected chi connectivity index (χ1v) is 6.45. The van der Waals surface area contributed by atoms with Gasteiger partial charge in [-0.1, -0.05) is 13.8 Å². The van der Waals surface area contributed by atoms with Gasteiger partial charge in [0.2, 0.25) is 0 Å². The maximum atomic E-state index is 12.3. The Labute approximate surface area is 114 Å². The SMILES string of the molecule is CC(C)CCOC(C)(C)C(=O)c1ccc(O)c(O)c1. The Balaban J connectivity index is 2.76. The maximum Gasteiger partial charge on any atom is 0.194 e. The molecular formula is C15H22O4. The summed E-state index contributed by atoms with van der Waals surface area (Å²) in [5.74, 6) is -0.242. The van der Waals surface area contributed by atoms with Gasteiger partial charge >= 0.3 is 0 Å². The quantitative estimate of drug-likeness (QED) is 0.613. The number of hydrogen-bond acceptors (Lipinski definition) is 4. The number of phenols is 2. The first-order valence-electron chi connectivity index (χ1n) is 6.45. The number of carbonyl (C=O) groups is 1. The van der Waals surface area contributed by atoms with Crippen LogP contribution in [0.1, 0.15) is 44.5 Å². The second-order valence-electron chi connectivity index (χ2n) is 5.57. The van der Waals surface area contributed by atoms with E-state index in [2.05, 4.69) is 13.8 Å². The maximum absolute atomic E-state index is 12.3. The zero-order valence-corrected chi connectivity index (χ0v) is 11.9. The van der Waals surface area contributed by atoms with Crippen LogP contribution in [0.3, 0.4) is 0 Å². The van der Waals surface area contributed by atoms with Crippen LogP contribution in [0, 0.1) is 5.92 Å². The van der Waals surface area contributed by atoms with E-state index in [1.807, 2.05) is 0 Å². The minimum atomic E-state index is -0.946. The first-order chi connectivity index (χ1) is 8.74. The lowest BCUT2D eigenvalue weighted by atomic mass is 9.96. The molecule has 0 spiro atoms. The number of rotatable bonds is 6. The van der Waals surface area contributed by atoms with Crippen molar-refractivity contribution in [2.24, 2.45) is 5.92 Å². The average molecular weight is 266 g/mol. The molecule has 1 aromatic carbocycles. The van der Waals surface area contributed by atoms with E-state index in [1.54, 1.807) is 13.8 Å². The molecule has 0 amide bonds. The molecular weight excluding hydrogens is 244 g/mol. The number of ketones is 1. The normalized spacial score (nSPS) is 11.8. The summed E-state index contributed by atoms with van der Waals surface area (Å²) >= 11 is 0. The van der Waals surface area contributed by atoms with Crippen molar-refractivity contribution >= 4 is 5.78 Å². The molecule has 0 aliphatic carbocycles. The van der Waals surface area contributed by atoms with Crippen LogP contribution in [0.15, 0.2) is 18.2 Å². The van der Waals surface area contributed by atoms with Crippen molar-refractivity contribution in [1.82, 2.24) is 0 Å². The summed E-state index contributed by atoms with van der Waals surface area (Å²) in [4.78, 5) is 12.3. The zero-order valence-electron chi connectivity index (χ0n) is 11.9. The molecule has 0 heterocycles. The molecule has 0 aromatic heterocycles. The molecule has 19 heavy (non-hydrogen) atoms. The smallest absolute Gasteiger partial charge is 0.194 e. The van der Waals surface area contributed by atoms with E-state index in [4.69, 9.17) is 4.74 Å². The summed E-state index contributed by atoms with van der Waals surface area (Å²) in [6, 6.07) is 4.03. The molecule has 0 saturated carbocycles. The Morgan fingerprint density at radius 2 is 1.89 bits per heavy atom. The lowest BCUT2D eigenvalue weighted by Gasteiger charge is -2.24. The van der Waals surface area contributed by atoms with Gasteiger partial charge in [0.05, 0.1) is 0 Å². The third-order valence-electron chi connectivity index (χ3n) is 2.94. The standard InChI is InChI=1S/C15H22O4/c1-10(2)7-8-19-15(3,4)14(18)11-5-6-12(16)13(17)9-11/h5-6,9-10,16-17H,7-8H2,1-4H3. The third kappa shape index (κ3) is 4.24. The number of hydrogen-bond donors (Lipinski definition) is 2. The van der Waals surface area contributed by atoms with Crippen LogP contribution in [-0.4, -0.2) is 28.2 Å². The minimum absolute atomic E-state index is 0.216. The molecule has 0 bridgehead atoms. The van der Waals surface area contributed by atoms with Gasteiger partial charge in [-0.15, -0.1) is 0 Å². The predicted molar refractivity (Wildman–Crippen MR) is 73.6 cm³/mol. The van der Waals surface area contributed by atoms with E-state index < -0.39 is 5.60 Å². The van der Waals surface area contributed by atoms with Crippen molar-refractivity contribution in [1.29, 1.82) is 0 Å². The summed E-state index contributed by atoms with van der Waals surface area (Å²) in [6.45, 7) is 8.12. The fourth-order valence-corrected chi connectivity index (χ4v) is 1.63. The number of carbonyl (C=O) groups excluding carboxylic acids is 1. The zero-order chi connectivity index (χ0) is 14.6. The van der Waals surface area contributed by atoms with Crippen LogP contribution >= 0.6 is 0 Å². The molecule has 0 fully saturated rings. The number of phenolic OH excluding ortho intramolecular Hbond substituents is 2. The second-order valence-corrected chi connectivity index (χ2v) is 5.57. The summed E-state index contributed by atoms with van der Waals surface area (Å²) < 4.78 is 5.63. The van der Waals surface area contributed by atoms with Crippen LogP contribution in [0.2, 0.25) is 0 Å². The summed E-state index contributed by atoms with van der Waals surface area (Å²) in [5, 5.41) is 18.7. The first kappa shape index (κ1) is 15.5. The van der Waals surface area contributed by atoms with Gasteiger partial charge in [-0.05, 0) is 44.4 Å². The van der Waals surface area contributed by atoms with Gasteiger partial charge in [-0.2, -0.15) is 0 Å². The summed E-state index contributed by atoms with van der Waals surface area (Å²) in [7, 11) is 0. The van der Waals surface area contributed by atoms with E-state index >= 15 is 0 Å². The van der Waals surface area contributed by atoms with Gasteiger partial charge in [0.15, 0.2) is 17.3 Å². The highest BCUT2D eigenvalue weighted by Gasteiger charge is 2.29. The second kappa shape index (κ2) is 6.06. The van der Waals surface area contributed by atoms with Crippen molar-refractivity contribution in [2.45, 2.75) is 39.7 Å². The van der Waals surface area contributed by atoms with Crippen LogP contribution in [0.5, 0.6) is 11.5 Å². The molecule has 106 valence electrons. The van der Waals surface area contributed by atoms with Crippen molar-refractivity contribution < 1.29 is 19.7 Å². The van der Waals surface area contributed by atoms with Crippen molar-refractivity contribution in [2.75, 3.05) is 6.61 Å². The van der Waals surface area contributed by atoms with Crippen LogP contribution < -0.4 is 0 Å². The van der Waals surface area contributed by atoms with Crippen LogP contribution in [-0.2, 0) is 4.74 Å². The number of aromatic hydroxyl groups is 2. The fourth-order valence-electron chi connectivity index (χ4n) is 1.63. The van der Waals surface area contributed by atoms with Gasteiger partial charge in [-0.3, -0.25) is 4.79 Å². The number of benzene rings is 1. The van der Waals surface area contributed by atoms with E-state index in [0.29, 0.717) is 18.1 Å². The van der Waals surface area contributed by atoms with E-state index in [-0.39, 0.29) is 17.3 Å². The van der Waals surface area contributed by atoms with Gasteiger partial charge in [0.1, 0.15) is 5.60 Å². The summed E-state index contributed by atoms with van der Waals surface area (Å²) in [5.41, 5.74) is -0.622. The molecule has 1 rings (SSSR count). The molecule has 1 aromatic rings. The molecule has 0 aliphatic rings. The highest BCUT2D eigenvalue weighted by Crippen LogP contribution is 2.27. The lowest BCUT2D eigenvalue weighted by molar-refractivity contribution is -0.00815. The van der Waals surface area contributed by atoms with E-state index in [0.717, 1.165) is 6.42 Å². The molecule has 2 N–H and O–H groups in total. The Morgan fingerprint density at radius 3 is 2.42 bits per heavy atom. The number of ether oxygens (including phenoxy) is 1. The molecule has 4 nitrogen and oxygen atoms in total.